The quantitative estimate of drug-likeness (QED) is 0.635. The molecule has 0 atom stereocenters. The van der Waals surface area contributed by atoms with Crippen molar-refractivity contribution in [3.05, 3.63) is 59.3 Å². The molecule has 1 fully saturated rings. The van der Waals surface area contributed by atoms with Crippen LogP contribution in [-0.4, -0.2) is 61.5 Å². The van der Waals surface area contributed by atoms with Gasteiger partial charge in [-0.05, 0) is 35.7 Å². The van der Waals surface area contributed by atoms with E-state index in [2.05, 4.69) is 5.16 Å². The highest BCUT2D eigenvalue weighted by molar-refractivity contribution is 7.89. The number of nitrogens with zero attached hydrogens (tertiary/aromatic N) is 3. The van der Waals surface area contributed by atoms with Crippen molar-refractivity contribution < 1.29 is 22.5 Å². The van der Waals surface area contributed by atoms with Crippen molar-refractivity contribution in [2.45, 2.75) is 17.9 Å². The fraction of sp³-hybridized carbons (Fsp3) is 0.333. The minimum Gasteiger partial charge on any atom is -0.378 e. The minimum absolute atomic E-state index is 0.132. The van der Waals surface area contributed by atoms with Gasteiger partial charge in [-0.3, -0.25) is 4.79 Å². The van der Waals surface area contributed by atoms with Crippen LogP contribution in [0.2, 0.25) is 0 Å². The van der Waals surface area contributed by atoms with Crippen molar-refractivity contribution in [1.82, 2.24) is 14.4 Å². The van der Waals surface area contributed by atoms with E-state index in [0.717, 1.165) is 5.56 Å². The van der Waals surface area contributed by atoms with E-state index in [1.165, 1.54) is 22.0 Å². The lowest BCUT2D eigenvalue weighted by atomic mass is 10.0. The molecule has 2 aliphatic heterocycles. The summed E-state index contributed by atoms with van der Waals surface area (Å²) in [6.45, 7) is 2.63. The average molecular weight is 427 g/mol. The van der Waals surface area contributed by atoms with Crippen molar-refractivity contribution in [3.63, 3.8) is 0 Å². The summed E-state index contributed by atoms with van der Waals surface area (Å²) in [5, 5.41) is 4.33. The van der Waals surface area contributed by atoms with Gasteiger partial charge >= 0.3 is 0 Å². The Bertz CT molecular complexity index is 1210. The first kappa shape index (κ1) is 19.2. The van der Waals surface area contributed by atoms with Gasteiger partial charge in [-0.1, -0.05) is 29.4 Å². The fourth-order valence-electron chi connectivity index (χ4n) is 3.97. The Hall–Kier alpha value is -2.75. The van der Waals surface area contributed by atoms with Crippen molar-refractivity contribution in [2.75, 3.05) is 32.8 Å². The fourth-order valence-corrected chi connectivity index (χ4v) is 5.42. The number of fused-ring (bicyclic) bond motifs is 2. The smallest absolute Gasteiger partial charge is 0.276 e. The first-order chi connectivity index (χ1) is 14.5. The van der Waals surface area contributed by atoms with E-state index in [1.807, 2.05) is 24.3 Å². The summed E-state index contributed by atoms with van der Waals surface area (Å²) in [5.74, 6) is -0.279. The van der Waals surface area contributed by atoms with Crippen molar-refractivity contribution in [2.24, 2.45) is 0 Å². The minimum atomic E-state index is -3.72. The van der Waals surface area contributed by atoms with Gasteiger partial charge in [-0.2, -0.15) is 4.31 Å². The number of rotatable bonds is 3. The van der Waals surface area contributed by atoms with Crippen LogP contribution in [0.1, 0.15) is 21.6 Å². The molecule has 1 aromatic heterocycles. The predicted octanol–water partition coefficient (Wildman–Crippen LogP) is 2.05. The highest BCUT2D eigenvalue weighted by Crippen LogP contribution is 2.28. The number of hydrogen-bond acceptors (Lipinski definition) is 6. The van der Waals surface area contributed by atoms with E-state index < -0.39 is 10.0 Å². The van der Waals surface area contributed by atoms with Crippen LogP contribution in [0, 0.1) is 0 Å². The highest BCUT2D eigenvalue weighted by Gasteiger charge is 2.30. The number of hydrogen-bond donors (Lipinski definition) is 0. The molecule has 0 bridgehead atoms. The molecule has 5 rings (SSSR count). The molecule has 2 aromatic carbocycles. The Kier molecular flexibility index (Phi) is 4.80. The SMILES string of the molecule is O=C(c1noc2ccc(S(=O)(=O)N3CCc4ccccc4C3)cc12)N1CCOCC1. The Balaban J connectivity index is 1.48. The van der Waals surface area contributed by atoms with Crippen LogP contribution in [0.15, 0.2) is 51.9 Å². The summed E-state index contributed by atoms with van der Waals surface area (Å²) < 4.78 is 38.7. The number of carbonyl (C=O) groups excluding carboxylic acids is 1. The zero-order valence-electron chi connectivity index (χ0n) is 16.3. The van der Waals surface area contributed by atoms with E-state index in [9.17, 15) is 13.2 Å². The normalized spacial score (nSPS) is 17.8. The maximum absolute atomic E-state index is 13.3. The molecule has 156 valence electrons. The van der Waals surface area contributed by atoms with E-state index in [-0.39, 0.29) is 16.5 Å². The molecule has 0 spiro atoms. The monoisotopic (exact) mass is 427 g/mol. The lowest BCUT2D eigenvalue weighted by Crippen LogP contribution is -2.40. The molecule has 8 nitrogen and oxygen atoms in total. The number of carbonyl (C=O) groups is 1. The number of amides is 1. The van der Waals surface area contributed by atoms with Gasteiger partial charge in [-0.15, -0.1) is 0 Å². The Morgan fingerprint density at radius 3 is 2.57 bits per heavy atom. The third-order valence-corrected chi connectivity index (χ3v) is 7.52. The van der Waals surface area contributed by atoms with E-state index in [0.29, 0.717) is 56.8 Å². The molecular weight excluding hydrogens is 406 g/mol. The van der Waals surface area contributed by atoms with Crippen LogP contribution < -0.4 is 0 Å². The van der Waals surface area contributed by atoms with E-state index in [4.69, 9.17) is 9.26 Å². The van der Waals surface area contributed by atoms with Crippen molar-refractivity contribution in [3.8, 4) is 0 Å². The van der Waals surface area contributed by atoms with Crippen molar-refractivity contribution in [1.29, 1.82) is 0 Å². The molecular formula is C21H21N3O5S. The summed E-state index contributed by atoms with van der Waals surface area (Å²) in [6.07, 6.45) is 0.672. The summed E-state index contributed by atoms with van der Waals surface area (Å²) >= 11 is 0. The first-order valence-corrected chi connectivity index (χ1v) is 11.3. The van der Waals surface area contributed by atoms with Gasteiger partial charge in [-0.25, -0.2) is 8.42 Å². The maximum atomic E-state index is 13.3. The average Bonchev–Trinajstić information content (AvgIpc) is 3.22. The van der Waals surface area contributed by atoms with Gasteiger partial charge in [0.1, 0.15) is 0 Å². The van der Waals surface area contributed by atoms with E-state index in [1.54, 1.807) is 11.0 Å². The number of morpholine rings is 1. The first-order valence-electron chi connectivity index (χ1n) is 9.87. The molecule has 0 aliphatic carbocycles. The predicted molar refractivity (Wildman–Crippen MR) is 108 cm³/mol. The molecule has 0 radical (unpaired) electrons. The lowest BCUT2D eigenvalue weighted by molar-refractivity contribution is 0.0297. The molecule has 1 saturated heterocycles. The molecule has 2 aliphatic rings. The van der Waals surface area contributed by atoms with Gasteiger partial charge in [0.15, 0.2) is 11.3 Å². The second-order valence-corrected chi connectivity index (χ2v) is 9.39. The summed E-state index contributed by atoms with van der Waals surface area (Å²) in [4.78, 5) is 14.6. The zero-order chi connectivity index (χ0) is 20.7. The van der Waals surface area contributed by atoms with Crippen LogP contribution in [0.4, 0.5) is 0 Å². The number of benzene rings is 2. The standard InChI is InChI=1S/C21H21N3O5S/c25-21(23-9-11-28-12-10-23)20-18-13-17(5-6-19(18)29-22-20)30(26,27)24-8-7-15-3-1-2-4-16(15)14-24/h1-6,13H,7-12,14H2. The zero-order valence-corrected chi connectivity index (χ0v) is 17.1. The summed E-state index contributed by atoms with van der Waals surface area (Å²) in [6, 6.07) is 12.4. The third-order valence-electron chi connectivity index (χ3n) is 5.68. The molecule has 0 unspecified atom stereocenters. The molecule has 9 heteroatoms. The third kappa shape index (κ3) is 3.28. The number of aromatic nitrogens is 1. The largest absolute Gasteiger partial charge is 0.378 e. The van der Waals surface area contributed by atoms with Crippen molar-refractivity contribution >= 4 is 26.9 Å². The van der Waals surface area contributed by atoms with E-state index >= 15 is 0 Å². The highest BCUT2D eigenvalue weighted by atomic mass is 32.2. The number of sulfonamides is 1. The molecule has 0 saturated carbocycles. The molecule has 1 amide bonds. The second-order valence-electron chi connectivity index (χ2n) is 7.45. The number of ether oxygens (including phenoxy) is 1. The summed E-state index contributed by atoms with van der Waals surface area (Å²) in [5.41, 5.74) is 2.71. The molecule has 30 heavy (non-hydrogen) atoms. The van der Waals surface area contributed by atoms with Crippen LogP contribution in [-0.2, 0) is 27.7 Å². The summed E-state index contributed by atoms with van der Waals surface area (Å²) in [7, 11) is -3.72. The van der Waals surface area contributed by atoms with Gasteiger partial charge < -0.3 is 14.2 Å². The van der Waals surface area contributed by atoms with Gasteiger partial charge in [0, 0.05) is 26.2 Å². The maximum Gasteiger partial charge on any atom is 0.276 e. The molecule has 3 heterocycles. The van der Waals surface area contributed by atoms with Crippen LogP contribution in [0.3, 0.4) is 0 Å². The topological polar surface area (TPSA) is 93.0 Å². The van der Waals surface area contributed by atoms with Crippen LogP contribution in [0.25, 0.3) is 11.0 Å². The Morgan fingerprint density at radius 1 is 1.00 bits per heavy atom. The van der Waals surface area contributed by atoms with Gasteiger partial charge in [0.05, 0.1) is 23.5 Å². The van der Waals surface area contributed by atoms with Gasteiger partial charge in [0.25, 0.3) is 5.91 Å². The van der Waals surface area contributed by atoms with Crippen LogP contribution >= 0.6 is 0 Å². The molecule has 0 N–H and O–H groups in total. The molecule has 3 aromatic rings. The van der Waals surface area contributed by atoms with Gasteiger partial charge in [0.2, 0.25) is 10.0 Å². The Labute approximate surface area is 174 Å². The second kappa shape index (κ2) is 7.50. The lowest BCUT2D eigenvalue weighted by Gasteiger charge is -2.28. The Morgan fingerprint density at radius 2 is 1.77 bits per heavy atom. The van der Waals surface area contributed by atoms with Crippen LogP contribution in [0.5, 0.6) is 0 Å².